The standard InChI is InChI=1S/C23H25N5.C7H9N2O2.Na/c1-14-20(15(2)28(3)27-14)22-25-21-19(11-12-24-23(21)26-22)18-10-9-16-7-5-4-6-8-17(16)13-18;1-7(2,3)6-8-5(4-10)9-11-6;/h9-13H,4-8H2,1-3H3,(H,24,25,26);1-3H3;/q;-1;+1. The van der Waals surface area contributed by atoms with Crippen LogP contribution in [0.1, 0.15) is 74.3 Å². The fourth-order valence-electron chi connectivity index (χ4n) is 5.03. The van der Waals surface area contributed by atoms with Gasteiger partial charge in [0.25, 0.3) is 0 Å². The molecule has 1 aliphatic carbocycles. The number of aryl methyl sites for hydroxylation is 4. The molecule has 5 aromatic rings. The number of carbonyl (C=O) groups excluding carboxylic acids is 1. The number of imidazole rings is 1. The van der Waals surface area contributed by atoms with E-state index in [1.165, 1.54) is 48.8 Å². The molecule has 0 saturated carbocycles. The van der Waals surface area contributed by atoms with Crippen molar-refractivity contribution in [2.24, 2.45) is 7.05 Å². The zero-order chi connectivity index (χ0) is 27.7. The number of aromatic amines is 1. The van der Waals surface area contributed by atoms with Crippen molar-refractivity contribution in [3.8, 4) is 22.5 Å². The molecule has 0 radical (unpaired) electrons. The molecule has 4 aromatic heterocycles. The van der Waals surface area contributed by atoms with Crippen LogP contribution < -0.4 is 29.6 Å². The topological polar surface area (TPSA) is 115 Å². The Morgan fingerprint density at radius 3 is 2.40 bits per heavy atom. The maximum Gasteiger partial charge on any atom is 1.00 e. The van der Waals surface area contributed by atoms with Gasteiger partial charge in [0.15, 0.2) is 5.65 Å². The number of hydrogen-bond acceptors (Lipinski definition) is 7. The number of fused-ring (bicyclic) bond motifs is 2. The van der Waals surface area contributed by atoms with E-state index in [0.717, 1.165) is 39.5 Å². The number of nitrogens with zero attached hydrogens (tertiary/aromatic N) is 6. The summed E-state index contributed by atoms with van der Waals surface area (Å²) in [6, 6.07) is 9.02. The largest absolute Gasteiger partial charge is 1.00 e. The van der Waals surface area contributed by atoms with Crippen molar-refractivity contribution in [2.45, 2.75) is 72.1 Å². The number of hydrogen-bond donors (Lipinski definition) is 1. The van der Waals surface area contributed by atoms with Crippen LogP contribution in [0.25, 0.3) is 33.7 Å². The molecule has 6 rings (SSSR count). The molecule has 9 nitrogen and oxygen atoms in total. The first-order chi connectivity index (χ1) is 18.7. The van der Waals surface area contributed by atoms with E-state index in [-0.39, 0.29) is 40.8 Å². The zero-order valence-electron chi connectivity index (χ0n) is 24.4. The molecule has 40 heavy (non-hydrogen) atoms. The molecular formula is C30H34N7NaO2. The van der Waals surface area contributed by atoms with Crippen LogP contribution >= 0.6 is 0 Å². The second-order valence-electron chi connectivity index (χ2n) is 11.1. The number of H-pyrrole nitrogens is 1. The van der Waals surface area contributed by atoms with E-state index in [1.54, 1.807) is 6.29 Å². The Bertz CT molecular complexity index is 1640. The number of pyridine rings is 1. The van der Waals surface area contributed by atoms with Gasteiger partial charge in [0, 0.05) is 29.9 Å². The van der Waals surface area contributed by atoms with Crippen LogP contribution in [0.5, 0.6) is 0 Å². The summed E-state index contributed by atoms with van der Waals surface area (Å²) < 4.78 is 6.70. The summed E-state index contributed by atoms with van der Waals surface area (Å²) in [5.41, 5.74) is 10.1. The van der Waals surface area contributed by atoms with Crippen LogP contribution in [0.4, 0.5) is 0 Å². The molecule has 0 bridgehead atoms. The summed E-state index contributed by atoms with van der Waals surface area (Å²) in [5, 5.41) is 7.92. The number of benzene rings is 1. The van der Waals surface area contributed by atoms with Crippen molar-refractivity contribution in [2.75, 3.05) is 0 Å². The van der Waals surface area contributed by atoms with Gasteiger partial charge in [-0.2, -0.15) is 11.4 Å². The van der Waals surface area contributed by atoms with Crippen LogP contribution in [0, 0.1) is 13.8 Å². The van der Waals surface area contributed by atoms with Gasteiger partial charge in [-0.15, -0.1) is 0 Å². The Hall–Kier alpha value is -3.14. The fourth-order valence-corrected chi connectivity index (χ4v) is 5.03. The van der Waals surface area contributed by atoms with E-state index >= 15 is 0 Å². The molecule has 0 saturated heterocycles. The van der Waals surface area contributed by atoms with E-state index in [0.29, 0.717) is 5.89 Å². The van der Waals surface area contributed by atoms with Gasteiger partial charge in [0.05, 0.1) is 22.6 Å². The minimum Gasteiger partial charge on any atom is -0.534 e. The van der Waals surface area contributed by atoms with Gasteiger partial charge in [0.1, 0.15) is 5.82 Å². The Labute approximate surface area is 256 Å². The summed E-state index contributed by atoms with van der Waals surface area (Å²) >= 11 is 0. The van der Waals surface area contributed by atoms with Crippen LogP contribution in [-0.2, 0) is 30.1 Å². The van der Waals surface area contributed by atoms with E-state index in [1.807, 2.05) is 45.6 Å². The quantitative estimate of drug-likeness (QED) is 0.210. The minimum atomic E-state index is -0.206. The monoisotopic (exact) mass is 547 g/mol. The van der Waals surface area contributed by atoms with Crippen LogP contribution in [0.2, 0.25) is 0 Å². The molecule has 0 aliphatic heterocycles. The first-order valence-corrected chi connectivity index (χ1v) is 13.4. The second-order valence-corrected chi connectivity index (χ2v) is 11.1. The molecule has 0 fully saturated rings. The summed E-state index contributed by atoms with van der Waals surface area (Å²) in [6.45, 7) is 9.87. The van der Waals surface area contributed by atoms with Gasteiger partial charge < -0.3 is 14.3 Å². The normalized spacial score (nSPS) is 13.2. The average molecular weight is 548 g/mol. The van der Waals surface area contributed by atoms with Gasteiger partial charge >= 0.3 is 29.6 Å². The van der Waals surface area contributed by atoms with E-state index < -0.39 is 0 Å². The summed E-state index contributed by atoms with van der Waals surface area (Å²) in [6.07, 6.45) is 9.72. The third-order valence-corrected chi connectivity index (χ3v) is 7.21. The van der Waals surface area contributed by atoms with Crippen molar-refractivity contribution in [3.05, 3.63) is 64.7 Å². The summed E-state index contributed by atoms with van der Waals surface area (Å²) in [7, 11) is 1.97. The molecule has 1 N–H and O–H groups in total. The van der Waals surface area contributed by atoms with Gasteiger partial charge in [-0.1, -0.05) is 50.5 Å². The maximum atomic E-state index is 10.0. The molecule has 0 amide bonds. The van der Waals surface area contributed by atoms with Crippen molar-refractivity contribution in [3.63, 3.8) is 0 Å². The molecule has 202 valence electrons. The minimum absolute atomic E-state index is 0. The summed E-state index contributed by atoms with van der Waals surface area (Å²) in [4.78, 5) is 26.7. The Balaban J connectivity index is 0.000000262. The third-order valence-electron chi connectivity index (χ3n) is 7.21. The number of rotatable bonds is 3. The molecule has 0 unspecified atom stereocenters. The van der Waals surface area contributed by atoms with Crippen LogP contribution in [-0.4, -0.2) is 41.2 Å². The number of aromatic nitrogens is 7. The predicted molar refractivity (Wildman–Crippen MR) is 150 cm³/mol. The van der Waals surface area contributed by atoms with Gasteiger partial charge in [-0.05, 0) is 62.3 Å². The van der Waals surface area contributed by atoms with E-state index in [9.17, 15) is 4.79 Å². The average Bonchev–Trinajstić information content (AvgIpc) is 3.57. The fraction of sp³-hybridized carbons (Fsp3) is 0.400. The van der Waals surface area contributed by atoms with Crippen LogP contribution in [0.3, 0.4) is 0 Å². The third kappa shape index (κ3) is 6.11. The molecule has 4 heterocycles. The molecule has 1 aromatic carbocycles. The Morgan fingerprint density at radius 2 is 1.77 bits per heavy atom. The SMILES string of the molecule is CC(C)(C)c1nc([C-]=O)no1.Cc1nn(C)c(C)c1-c1nc2nccc(-c3ccc4c(c3)CCCCC4)c2[nH]1.[Na+]. The van der Waals surface area contributed by atoms with Gasteiger partial charge in [-0.3, -0.25) is 4.68 Å². The first kappa shape index (κ1) is 29.8. The molecule has 0 spiro atoms. The molecular weight excluding hydrogens is 513 g/mol. The van der Waals surface area contributed by atoms with Crippen molar-refractivity contribution in [1.82, 2.24) is 34.9 Å². The van der Waals surface area contributed by atoms with Gasteiger partial charge in [-0.25, -0.2) is 15.0 Å². The van der Waals surface area contributed by atoms with Crippen molar-refractivity contribution in [1.29, 1.82) is 0 Å². The molecule has 1 aliphatic rings. The first-order valence-electron chi connectivity index (χ1n) is 13.4. The smallest absolute Gasteiger partial charge is 0.534 e. The molecule has 10 heteroatoms. The van der Waals surface area contributed by atoms with E-state index in [4.69, 9.17) is 9.51 Å². The molecule has 0 atom stereocenters. The van der Waals surface area contributed by atoms with E-state index in [2.05, 4.69) is 56.4 Å². The van der Waals surface area contributed by atoms with Crippen LogP contribution in [0.15, 0.2) is 35.0 Å². The van der Waals surface area contributed by atoms with Crippen molar-refractivity contribution >= 4 is 17.5 Å². The summed E-state index contributed by atoms with van der Waals surface area (Å²) in [5.74, 6) is 1.28. The Kier molecular flexibility index (Phi) is 9.07. The van der Waals surface area contributed by atoms with Gasteiger partial charge in [0.2, 0.25) is 5.89 Å². The maximum absolute atomic E-state index is 10.0. The number of nitrogens with one attached hydrogen (secondary N) is 1. The predicted octanol–water partition coefficient (Wildman–Crippen LogP) is 2.74. The Morgan fingerprint density at radius 1 is 1.02 bits per heavy atom. The second kappa shape index (κ2) is 12.2. The van der Waals surface area contributed by atoms with Crippen molar-refractivity contribution < 1.29 is 38.9 Å². The zero-order valence-corrected chi connectivity index (χ0v) is 26.4.